The SMILES string of the molecule is Cn1c(C(=O)NCc2cccc(F)c2)cc2oc3ccccc3c21. The average Bonchev–Trinajstić information content (AvgIpc) is 3.09. The summed E-state index contributed by atoms with van der Waals surface area (Å²) < 4.78 is 20.8. The van der Waals surface area contributed by atoms with Crippen molar-refractivity contribution in [3.05, 3.63) is 71.7 Å². The van der Waals surface area contributed by atoms with Crippen LogP contribution in [-0.2, 0) is 13.6 Å². The normalized spacial score (nSPS) is 11.2. The van der Waals surface area contributed by atoms with Gasteiger partial charge in [-0.15, -0.1) is 0 Å². The molecule has 0 bridgehead atoms. The van der Waals surface area contributed by atoms with Crippen LogP contribution in [0.1, 0.15) is 16.1 Å². The highest BCUT2D eigenvalue weighted by Gasteiger charge is 2.18. The highest BCUT2D eigenvalue weighted by atomic mass is 19.1. The quantitative estimate of drug-likeness (QED) is 0.620. The summed E-state index contributed by atoms with van der Waals surface area (Å²) in [5, 5.41) is 3.79. The first-order valence-corrected chi connectivity index (χ1v) is 7.63. The predicted molar refractivity (Wildman–Crippen MR) is 90.3 cm³/mol. The predicted octanol–water partition coefficient (Wildman–Crippen LogP) is 3.99. The zero-order chi connectivity index (χ0) is 16.7. The molecule has 1 N–H and O–H groups in total. The number of rotatable bonds is 3. The van der Waals surface area contributed by atoms with Crippen molar-refractivity contribution in [2.75, 3.05) is 0 Å². The lowest BCUT2D eigenvalue weighted by Crippen LogP contribution is -2.24. The molecule has 0 saturated carbocycles. The van der Waals surface area contributed by atoms with Gasteiger partial charge < -0.3 is 14.3 Å². The Bertz CT molecular complexity index is 1060. The molecule has 4 aromatic rings. The second-order valence-corrected chi connectivity index (χ2v) is 5.71. The number of aryl methyl sites for hydroxylation is 1. The van der Waals surface area contributed by atoms with Gasteiger partial charge in [-0.2, -0.15) is 0 Å². The molecule has 2 aromatic carbocycles. The molecule has 0 saturated heterocycles. The van der Waals surface area contributed by atoms with Crippen LogP contribution in [0.25, 0.3) is 22.1 Å². The highest BCUT2D eigenvalue weighted by Crippen LogP contribution is 2.30. The van der Waals surface area contributed by atoms with E-state index in [1.807, 2.05) is 35.9 Å². The Labute approximate surface area is 137 Å². The van der Waals surface area contributed by atoms with E-state index in [1.54, 1.807) is 18.2 Å². The minimum atomic E-state index is -0.315. The van der Waals surface area contributed by atoms with Crippen LogP contribution >= 0.6 is 0 Å². The Kier molecular flexibility index (Phi) is 3.34. The first-order valence-electron chi connectivity index (χ1n) is 7.63. The lowest BCUT2D eigenvalue weighted by Gasteiger charge is -2.07. The number of fused-ring (bicyclic) bond motifs is 3. The number of benzene rings is 2. The van der Waals surface area contributed by atoms with E-state index in [-0.39, 0.29) is 18.3 Å². The second kappa shape index (κ2) is 5.53. The summed E-state index contributed by atoms with van der Waals surface area (Å²) >= 11 is 0. The smallest absolute Gasteiger partial charge is 0.268 e. The fraction of sp³-hybridized carbons (Fsp3) is 0.105. The minimum absolute atomic E-state index is 0.225. The maximum Gasteiger partial charge on any atom is 0.268 e. The number of para-hydroxylation sites is 1. The van der Waals surface area contributed by atoms with Crippen LogP contribution in [0.4, 0.5) is 4.39 Å². The summed E-state index contributed by atoms with van der Waals surface area (Å²) in [5.41, 5.74) is 3.58. The van der Waals surface area contributed by atoms with Crippen molar-refractivity contribution in [3.8, 4) is 0 Å². The largest absolute Gasteiger partial charge is 0.454 e. The van der Waals surface area contributed by atoms with Gasteiger partial charge >= 0.3 is 0 Å². The molecule has 5 heteroatoms. The molecular weight excluding hydrogens is 307 g/mol. The summed E-state index contributed by atoms with van der Waals surface area (Å²) in [4.78, 5) is 12.5. The maximum atomic E-state index is 13.2. The van der Waals surface area contributed by atoms with Gasteiger partial charge in [0.25, 0.3) is 5.91 Å². The van der Waals surface area contributed by atoms with Gasteiger partial charge in [-0.3, -0.25) is 4.79 Å². The number of amides is 1. The Morgan fingerprint density at radius 1 is 1.12 bits per heavy atom. The lowest BCUT2D eigenvalue weighted by molar-refractivity contribution is 0.0943. The molecular formula is C19H15FN2O2. The minimum Gasteiger partial charge on any atom is -0.454 e. The maximum absolute atomic E-state index is 13.2. The van der Waals surface area contributed by atoms with Crippen molar-refractivity contribution in [2.24, 2.45) is 7.05 Å². The van der Waals surface area contributed by atoms with Crippen molar-refractivity contribution < 1.29 is 13.6 Å². The molecule has 24 heavy (non-hydrogen) atoms. The molecule has 0 aliphatic heterocycles. The number of carbonyl (C=O) groups excluding carboxylic acids is 1. The molecule has 4 rings (SSSR count). The number of halogens is 1. The van der Waals surface area contributed by atoms with E-state index in [1.165, 1.54) is 12.1 Å². The fourth-order valence-corrected chi connectivity index (χ4v) is 2.97. The Hall–Kier alpha value is -3.08. The van der Waals surface area contributed by atoms with Crippen LogP contribution in [0, 0.1) is 5.82 Å². The average molecular weight is 322 g/mol. The van der Waals surface area contributed by atoms with Gasteiger partial charge in [0.1, 0.15) is 17.1 Å². The van der Waals surface area contributed by atoms with Gasteiger partial charge in [-0.05, 0) is 29.8 Å². The Morgan fingerprint density at radius 2 is 1.96 bits per heavy atom. The first-order chi connectivity index (χ1) is 11.6. The third-order valence-corrected chi connectivity index (χ3v) is 4.13. The van der Waals surface area contributed by atoms with E-state index in [0.717, 1.165) is 16.5 Å². The van der Waals surface area contributed by atoms with E-state index in [2.05, 4.69) is 5.32 Å². The zero-order valence-corrected chi connectivity index (χ0v) is 13.0. The van der Waals surface area contributed by atoms with Crippen LogP contribution in [0.2, 0.25) is 0 Å². The van der Waals surface area contributed by atoms with E-state index >= 15 is 0 Å². The fourth-order valence-electron chi connectivity index (χ4n) is 2.97. The summed E-state index contributed by atoms with van der Waals surface area (Å²) in [6, 6.07) is 15.6. The Balaban J connectivity index is 1.63. The number of carbonyl (C=O) groups is 1. The summed E-state index contributed by atoms with van der Waals surface area (Å²) in [7, 11) is 1.83. The molecule has 2 heterocycles. The van der Waals surface area contributed by atoms with Gasteiger partial charge in [0, 0.05) is 25.0 Å². The van der Waals surface area contributed by atoms with E-state index in [0.29, 0.717) is 16.8 Å². The zero-order valence-electron chi connectivity index (χ0n) is 13.0. The molecule has 120 valence electrons. The molecule has 0 fully saturated rings. The third kappa shape index (κ3) is 2.34. The highest BCUT2D eigenvalue weighted by molar-refractivity contribution is 6.07. The number of nitrogens with one attached hydrogen (secondary N) is 1. The van der Waals surface area contributed by atoms with Gasteiger partial charge in [-0.1, -0.05) is 24.3 Å². The first kappa shape index (κ1) is 14.5. The van der Waals surface area contributed by atoms with Crippen LogP contribution in [0.3, 0.4) is 0 Å². The van der Waals surface area contributed by atoms with E-state index in [4.69, 9.17) is 4.42 Å². The summed E-state index contributed by atoms with van der Waals surface area (Å²) in [6.07, 6.45) is 0. The van der Waals surface area contributed by atoms with E-state index in [9.17, 15) is 9.18 Å². The molecule has 0 atom stereocenters. The van der Waals surface area contributed by atoms with Crippen LogP contribution in [0.5, 0.6) is 0 Å². The molecule has 0 unspecified atom stereocenters. The van der Waals surface area contributed by atoms with Crippen LogP contribution in [-0.4, -0.2) is 10.5 Å². The summed E-state index contributed by atoms with van der Waals surface area (Å²) in [6.45, 7) is 0.268. The van der Waals surface area contributed by atoms with Crippen molar-refractivity contribution in [3.63, 3.8) is 0 Å². The Morgan fingerprint density at radius 3 is 2.79 bits per heavy atom. The number of hydrogen-bond donors (Lipinski definition) is 1. The van der Waals surface area contributed by atoms with Crippen molar-refractivity contribution in [2.45, 2.75) is 6.54 Å². The van der Waals surface area contributed by atoms with Gasteiger partial charge in [-0.25, -0.2) is 4.39 Å². The third-order valence-electron chi connectivity index (χ3n) is 4.13. The molecule has 2 aromatic heterocycles. The van der Waals surface area contributed by atoms with Crippen molar-refractivity contribution >= 4 is 28.0 Å². The van der Waals surface area contributed by atoms with Crippen LogP contribution in [0.15, 0.2) is 59.0 Å². The standard InChI is InChI=1S/C19H15FN2O2/c1-22-15(19(23)21-11-12-5-4-6-13(20)9-12)10-17-18(22)14-7-2-3-8-16(14)24-17/h2-10H,11H2,1H3,(H,21,23). The molecule has 1 amide bonds. The number of nitrogens with zero attached hydrogens (tertiary/aromatic N) is 1. The lowest BCUT2D eigenvalue weighted by atomic mass is 10.2. The monoisotopic (exact) mass is 322 g/mol. The van der Waals surface area contributed by atoms with Crippen molar-refractivity contribution in [1.29, 1.82) is 0 Å². The van der Waals surface area contributed by atoms with E-state index < -0.39 is 0 Å². The number of hydrogen-bond acceptors (Lipinski definition) is 2. The molecule has 0 aliphatic rings. The van der Waals surface area contributed by atoms with Gasteiger partial charge in [0.2, 0.25) is 0 Å². The second-order valence-electron chi connectivity index (χ2n) is 5.71. The molecule has 0 spiro atoms. The summed E-state index contributed by atoms with van der Waals surface area (Å²) in [5.74, 6) is -0.540. The van der Waals surface area contributed by atoms with Crippen molar-refractivity contribution in [1.82, 2.24) is 9.88 Å². The molecule has 0 aliphatic carbocycles. The van der Waals surface area contributed by atoms with Gasteiger partial charge in [0.15, 0.2) is 5.58 Å². The molecule has 0 radical (unpaired) electrons. The number of furan rings is 1. The molecule has 4 nitrogen and oxygen atoms in total. The number of aromatic nitrogens is 1. The van der Waals surface area contributed by atoms with Crippen LogP contribution < -0.4 is 5.32 Å². The topological polar surface area (TPSA) is 47.2 Å². The van der Waals surface area contributed by atoms with Gasteiger partial charge in [0.05, 0.1) is 5.52 Å².